The Morgan fingerprint density at radius 1 is 0.591 bits per heavy atom. The molecule has 208 valence electrons. The van der Waals surface area contributed by atoms with Gasteiger partial charge in [-0.2, -0.15) is 0 Å². The van der Waals surface area contributed by atoms with Crippen molar-refractivity contribution < 1.29 is 5.48 Å². The fourth-order valence-electron chi connectivity index (χ4n) is 6.27. The van der Waals surface area contributed by atoms with E-state index in [2.05, 4.69) is 29.6 Å². The zero-order valence-corrected chi connectivity index (χ0v) is 24.9. The maximum Gasteiger partial charge on any atom is 0.0645 e. The van der Waals surface area contributed by atoms with E-state index in [9.17, 15) is 5.48 Å². The minimum atomic E-state index is -0.0994. The van der Waals surface area contributed by atoms with Crippen molar-refractivity contribution >= 4 is 87.1 Å². The van der Waals surface area contributed by atoms with Crippen LogP contribution in [0.1, 0.15) is 5.48 Å². The van der Waals surface area contributed by atoms with Gasteiger partial charge < -0.3 is 9.88 Å². The zero-order chi connectivity index (χ0) is 32.7. The summed E-state index contributed by atoms with van der Waals surface area (Å²) in [5.41, 5.74) is 4.27. The average Bonchev–Trinajstić information content (AvgIpc) is 3.64. The van der Waals surface area contributed by atoms with E-state index in [-0.39, 0.29) is 29.9 Å². The van der Waals surface area contributed by atoms with Gasteiger partial charge in [-0.1, -0.05) is 96.5 Å². The lowest BCUT2D eigenvalue weighted by Crippen LogP contribution is -1.95. The van der Waals surface area contributed by atoms with Crippen molar-refractivity contribution in [3.63, 3.8) is 0 Å². The lowest BCUT2D eigenvalue weighted by molar-refractivity contribution is 1.18. The van der Waals surface area contributed by atoms with Crippen LogP contribution in [0, 0.1) is 0 Å². The molecule has 0 radical (unpaired) electrons. The van der Waals surface area contributed by atoms with Gasteiger partial charge in [0.25, 0.3) is 0 Å². The Labute approximate surface area is 269 Å². The van der Waals surface area contributed by atoms with Gasteiger partial charge in [-0.25, -0.2) is 0 Å². The van der Waals surface area contributed by atoms with Crippen molar-refractivity contribution in [1.82, 2.24) is 4.57 Å². The maximum atomic E-state index is 9.40. The predicted molar refractivity (Wildman–Crippen MR) is 191 cm³/mol. The highest BCUT2D eigenvalue weighted by Gasteiger charge is 2.16. The second-order valence-electron chi connectivity index (χ2n) is 10.9. The van der Waals surface area contributed by atoms with Crippen LogP contribution in [0.25, 0.3) is 69.6 Å². The van der Waals surface area contributed by atoms with Crippen molar-refractivity contribution in [3.05, 3.63) is 151 Å². The van der Waals surface area contributed by atoms with Gasteiger partial charge in [-0.05, 0) is 82.5 Å². The number of hydrogen-bond donors (Lipinski definition) is 1. The van der Waals surface area contributed by atoms with Crippen LogP contribution in [-0.2, 0) is 0 Å². The SMILES string of the molecule is [2H]c1c([2H])c(-n2c3cc(Nc4ccccc4Cl)ccc3c3c4ccccc4ccc32)c([2H])c([2H])c1-c1ccc2sc3ccccc3c2c1. The molecule has 4 heteroatoms. The van der Waals surface area contributed by atoms with Gasteiger partial charge >= 0.3 is 0 Å². The summed E-state index contributed by atoms with van der Waals surface area (Å²) in [5.74, 6) is 0. The number of thiophene rings is 1. The topological polar surface area (TPSA) is 17.0 Å². The highest BCUT2D eigenvalue weighted by molar-refractivity contribution is 7.25. The molecule has 0 saturated heterocycles. The average molecular weight is 605 g/mol. The second-order valence-corrected chi connectivity index (χ2v) is 12.4. The Morgan fingerprint density at radius 2 is 1.36 bits per heavy atom. The van der Waals surface area contributed by atoms with Crippen LogP contribution < -0.4 is 5.32 Å². The van der Waals surface area contributed by atoms with Crippen LogP contribution in [-0.4, -0.2) is 4.57 Å². The molecular formula is C40H25ClN2S. The molecule has 0 amide bonds. The zero-order valence-electron chi connectivity index (χ0n) is 27.3. The van der Waals surface area contributed by atoms with Crippen LogP contribution in [0.3, 0.4) is 0 Å². The molecule has 2 heterocycles. The summed E-state index contributed by atoms with van der Waals surface area (Å²) in [5, 5.41) is 10.2. The number of nitrogens with one attached hydrogen (secondary N) is 1. The monoisotopic (exact) mass is 604 g/mol. The maximum absolute atomic E-state index is 9.40. The van der Waals surface area contributed by atoms with E-state index in [1.54, 1.807) is 11.3 Å². The van der Waals surface area contributed by atoms with Gasteiger partial charge in [0, 0.05) is 42.3 Å². The molecule has 0 aliphatic heterocycles. The van der Waals surface area contributed by atoms with E-state index in [1.165, 1.54) is 4.70 Å². The molecule has 0 unspecified atom stereocenters. The number of halogens is 1. The molecule has 9 rings (SSSR count). The number of fused-ring (bicyclic) bond motifs is 8. The van der Waals surface area contributed by atoms with Gasteiger partial charge in [0.2, 0.25) is 0 Å². The standard InChI is InChI=1S/C40H25ClN2S/c41-34-10-4-5-11-35(34)42-28-17-20-32-37(24-28)43(36-21-15-26-7-1-2-8-30(26)40(32)36)29-18-13-25(14-19-29)27-16-22-39-33(23-27)31-9-3-6-12-38(31)44-39/h1-24,42H/i13D,14D,18D,19D. The number of aromatic nitrogens is 1. The first kappa shape index (κ1) is 21.6. The molecule has 0 saturated carbocycles. The summed E-state index contributed by atoms with van der Waals surface area (Å²) < 4.78 is 41.5. The molecule has 2 nitrogen and oxygen atoms in total. The van der Waals surface area contributed by atoms with Gasteiger partial charge in [-0.15, -0.1) is 11.3 Å². The number of anilines is 2. The molecule has 0 aliphatic rings. The molecule has 0 fully saturated rings. The second kappa shape index (κ2) is 9.99. The van der Waals surface area contributed by atoms with Crippen LogP contribution in [0.5, 0.6) is 0 Å². The summed E-state index contributed by atoms with van der Waals surface area (Å²) in [4.78, 5) is 0. The number of para-hydroxylation sites is 1. The van der Waals surface area contributed by atoms with Crippen molar-refractivity contribution in [2.45, 2.75) is 0 Å². The third-order valence-corrected chi connectivity index (χ3v) is 9.79. The van der Waals surface area contributed by atoms with E-state index in [0.29, 0.717) is 16.1 Å². The van der Waals surface area contributed by atoms with Gasteiger partial charge in [0.15, 0.2) is 0 Å². The van der Waals surface area contributed by atoms with Gasteiger partial charge in [0.1, 0.15) is 0 Å². The molecule has 2 aromatic heterocycles. The van der Waals surface area contributed by atoms with Gasteiger partial charge in [0.05, 0.1) is 27.2 Å². The molecular weight excluding hydrogens is 576 g/mol. The molecule has 0 spiro atoms. The van der Waals surface area contributed by atoms with E-state index in [1.807, 2.05) is 102 Å². The molecule has 1 N–H and O–H groups in total. The highest BCUT2D eigenvalue weighted by atomic mass is 35.5. The number of rotatable bonds is 4. The van der Waals surface area contributed by atoms with Gasteiger partial charge in [-0.3, -0.25) is 0 Å². The van der Waals surface area contributed by atoms with Crippen LogP contribution in [0.4, 0.5) is 11.4 Å². The van der Waals surface area contributed by atoms with Crippen molar-refractivity contribution in [2.75, 3.05) is 5.32 Å². The van der Waals surface area contributed by atoms with E-state index < -0.39 is 0 Å². The first-order valence-corrected chi connectivity index (χ1v) is 15.6. The summed E-state index contributed by atoms with van der Waals surface area (Å²) in [6, 6.07) is 39.6. The minimum Gasteiger partial charge on any atom is -0.354 e. The molecule has 44 heavy (non-hydrogen) atoms. The lowest BCUT2D eigenvalue weighted by atomic mass is 10.0. The molecule has 9 aromatic rings. The summed E-state index contributed by atoms with van der Waals surface area (Å²) in [7, 11) is 0. The normalized spacial score (nSPS) is 13.0. The Morgan fingerprint density at radius 3 is 2.25 bits per heavy atom. The third kappa shape index (κ3) is 4.01. The summed E-state index contributed by atoms with van der Waals surface area (Å²) >= 11 is 8.19. The molecule has 0 aliphatic carbocycles. The van der Waals surface area contributed by atoms with E-state index >= 15 is 0 Å². The minimum absolute atomic E-state index is 0.0778. The Kier molecular flexibility index (Phi) is 4.90. The predicted octanol–water partition coefficient (Wildman–Crippen LogP) is 12.4. The largest absolute Gasteiger partial charge is 0.354 e. The summed E-state index contributed by atoms with van der Waals surface area (Å²) in [6.45, 7) is 0. The third-order valence-electron chi connectivity index (χ3n) is 8.31. The number of benzene rings is 7. The Balaban J connectivity index is 1.31. The fraction of sp³-hybridized carbons (Fsp3) is 0. The smallest absolute Gasteiger partial charge is 0.0645 e. The highest BCUT2D eigenvalue weighted by Crippen LogP contribution is 2.40. The fourth-order valence-corrected chi connectivity index (χ4v) is 7.54. The first-order valence-electron chi connectivity index (χ1n) is 16.4. The van der Waals surface area contributed by atoms with Crippen LogP contribution in [0.15, 0.2) is 145 Å². The first-order chi connectivity index (χ1) is 23.4. The Bertz CT molecular complexity index is 2760. The molecule has 0 bridgehead atoms. The molecule has 0 atom stereocenters. The number of nitrogens with zero attached hydrogens (tertiary/aromatic N) is 1. The number of hydrogen-bond acceptors (Lipinski definition) is 2. The Hall–Kier alpha value is -5.09. The lowest BCUT2D eigenvalue weighted by Gasteiger charge is -2.12. The summed E-state index contributed by atoms with van der Waals surface area (Å²) in [6.07, 6.45) is 0. The quantitative estimate of drug-likeness (QED) is 0.211. The van der Waals surface area contributed by atoms with Crippen molar-refractivity contribution in [1.29, 1.82) is 0 Å². The van der Waals surface area contributed by atoms with Crippen molar-refractivity contribution in [3.8, 4) is 16.8 Å². The van der Waals surface area contributed by atoms with E-state index in [0.717, 1.165) is 59.4 Å². The molecule has 7 aromatic carbocycles. The van der Waals surface area contributed by atoms with Crippen LogP contribution >= 0.6 is 22.9 Å². The van der Waals surface area contributed by atoms with Crippen LogP contribution in [0.2, 0.25) is 5.02 Å². The van der Waals surface area contributed by atoms with E-state index in [4.69, 9.17) is 11.6 Å². The van der Waals surface area contributed by atoms with Crippen molar-refractivity contribution in [2.24, 2.45) is 0 Å².